The molecule has 0 unspecified atom stereocenters. The fraction of sp³-hybridized carbons (Fsp3) is 0.538. The first-order valence-corrected chi connectivity index (χ1v) is 13.2. The van der Waals surface area contributed by atoms with Gasteiger partial charge in [-0.1, -0.05) is 30.3 Å². The Morgan fingerprint density at radius 2 is 1.67 bits per heavy atom. The number of piperazine rings is 1. The van der Waals surface area contributed by atoms with Gasteiger partial charge in [0.05, 0.1) is 13.2 Å². The van der Waals surface area contributed by atoms with Crippen LogP contribution in [0.4, 0.5) is 5.95 Å². The van der Waals surface area contributed by atoms with E-state index in [1.807, 2.05) is 19.9 Å². The van der Waals surface area contributed by atoms with Crippen LogP contribution in [0.15, 0.2) is 41.4 Å². The second-order valence-electron chi connectivity index (χ2n) is 9.32. The lowest BCUT2D eigenvalue weighted by Gasteiger charge is -2.36. The summed E-state index contributed by atoms with van der Waals surface area (Å²) >= 11 is 5.60. The van der Waals surface area contributed by atoms with Crippen LogP contribution in [0, 0.1) is 13.8 Å². The third-order valence-electron chi connectivity index (χ3n) is 6.37. The van der Waals surface area contributed by atoms with E-state index in [-0.39, 0.29) is 0 Å². The smallest absolute Gasteiger partial charge is 0.229 e. The highest BCUT2D eigenvalue weighted by atomic mass is 32.1. The molecule has 0 aliphatic carbocycles. The first-order valence-electron chi connectivity index (χ1n) is 12.8. The molecule has 2 saturated heterocycles. The monoisotopic (exact) mass is 510 g/mol. The molecule has 2 N–H and O–H groups in total. The minimum Gasteiger partial charge on any atom is -0.379 e. The summed E-state index contributed by atoms with van der Waals surface area (Å²) in [4.78, 5) is 21.0. The van der Waals surface area contributed by atoms with E-state index in [9.17, 15) is 0 Å². The minimum absolute atomic E-state index is 0.482. The van der Waals surface area contributed by atoms with Gasteiger partial charge in [0.15, 0.2) is 5.11 Å². The number of hydrogen-bond donors (Lipinski definition) is 2. The van der Waals surface area contributed by atoms with Crippen molar-refractivity contribution in [2.24, 2.45) is 4.99 Å². The Morgan fingerprint density at radius 1 is 0.972 bits per heavy atom. The number of anilines is 1. The molecule has 36 heavy (non-hydrogen) atoms. The Labute approximate surface area is 220 Å². The van der Waals surface area contributed by atoms with E-state index >= 15 is 0 Å². The maximum atomic E-state index is 5.60. The number of aliphatic imine (C=N–C) groups is 1. The maximum Gasteiger partial charge on any atom is 0.229 e. The molecule has 1 aromatic carbocycles. The molecular formula is C26H38N8OS. The number of aromatic nitrogens is 2. The zero-order valence-electron chi connectivity index (χ0n) is 21.4. The van der Waals surface area contributed by atoms with Gasteiger partial charge < -0.3 is 15.0 Å². The number of thiocarbonyl (C=S) groups is 1. The number of nitrogens with zero attached hydrogens (tertiary/aromatic N) is 6. The molecule has 2 fully saturated rings. The Hall–Kier alpha value is -2.66. The van der Waals surface area contributed by atoms with Crippen LogP contribution in [0.3, 0.4) is 0 Å². The number of benzene rings is 1. The van der Waals surface area contributed by atoms with Gasteiger partial charge in [-0.15, -0.1) is 0 Å². The molecule has 9 nitrogen and oxygen atoms in total. The van der Waals surface area contributed by atoms with Crippen LogP contribution in [0.25, 0.3) is 0 Å². The number of hydrogen-bond acceptors (Lipinski definition) is 6. The van der Waals surface area contributed by atoms with Crippen LogP contribution < -0.4 is 10.6 Å². The van der Waals surface area contributed by atoms with Gasteiger partial charge in [-0.2, -0.15) is 4.99 Å². The molecule has 2 aliphatic rings. The minimum atomic E-state index is 0.482. The Balaban J connectivity index is 1.35. The summed E-state index contributed by atoms with van der Waals surface area (Å²) in [5, 5.41) is 7.15. The van der Waals surface area contributed by atoms with Crippen molar-refractivity contribution < 1.29 is 4.74 Å². The number of ether oxygens (including phenoxy) is 1. The average molecular weight is 511 g/mol. The molecule has 0 amide bonds. The summed E-state index contributed by atoms with van der Waals surface area (Å²) in [5.74, 6) is 1.25. The fourth-order valence-electron chi connectivity index (χ4n) is 4.48. The molecule has 0 radical (unpaired) electrons. The van der Waals surface area contributed by atoms with Gasteiger partial charge in [0.25, 0.3) is 0 Å². The fourth-order valence-corrected chi connectivity index (χ4v) is 4.67. The van der Waals surface area contributed by atoms with Crippen molar-refractivity contribution in [3.05, 3.63) is 53.3 Å². The number of nitrogens with one attached hydrogen (secondary N) is 2. The Bertz CT molecular complexity index is 984. The van der Waals surface area contributed by atoms with E-state index in [2.05, 4.69) is 65.6 Å². The zero-order valence-corrected chi connectivity index (χ0v) is 22.3. The summed E-state index contributed by atoms with van der Waals surface area (Å²) in [6.45, 7) is 14.0. The third kappa shape index (κ3) is 8.48. The van der Waals surface area contributed by atoms with Crippen molar-refractivity contribution in [1.82, 2.24) is 30.0 Å². The number of rotatable bonds is 7. The van der Waals surface area contributed by atoms with Crippen LogP contribution in [0.2, 0.25) is 0 Å². The van der Waals surface area contributed by atoms with Gasteiger partial charge >= 0.3 is 0 Å². The highest BCUT2D eigenvalue weighted by Crippen LogP contribution is 2.11. The van der Waals surface area contributed by atoms with Crippen LogP contribution >= 0.6 is 12.2 Å². The van der Waals surface area contributed by atoms with Gasteiger partial charge in [0.2, 0.25) is 11.9 Å². The van der Waals surface area contributed by atoms with E-state index in [0.717, 1.165) is 89.9 Å². The first kappa shape index (κ1) is 26.4. The van der Waals surface area contributed by atoms with E-state index in [4.69, 9.17) is 21.9 Å². The summed E-state index contributed by atoms with van der Waals surface area (Å²) in [6, 6.07) is 12.6. The van der Waals surface area contributed by atoms with Gasteiger partial charge in [0.1, 0.15) is 0 Å². The van der Waals surface area contributed by atoms with Crippen molar-refractivity contribution in [3.63, 3.8) is 0 Å². The van der Waals surface area contributed by atoms with Crippen LogP contribution in [-0.4, -0.2) is 101 Å². The molecular weight excluding hydrogens is 472 g/mol. The molecule has 0 bridgehead atoms. The molecule has 0 saturated carbocycles. The third-order valence-corrected chi connectivity index (χ3v) is 6.60. The molecule has 194 valence electrons. The number of guanidine groups is 1. The molecule has 0 spiro atoms. The van der Waals surface area contributed by atoms with Crippen molar-refractivity contribution in [3.8, 4) is 0 Å². The second kappa shape index (κ2) is 13.6. The first-order chi connectivity index (χ1) is 17.5. The normalized spacial score (nSPS) is 17.7. The number of morpholine rings is 1. The zero-order chi connectivity index (χ0) is 25.2. The molecule has 1 aromatic heterocycles. The van der Waals surface area contributed by atoms with Crippen molar-refractivity contribution in [2.75, 3.05) is 70.9 Å². The predicted molar refractivity (Wildman–Crippen MR) is 148 cm³/mol. The Kier molecular flexibility index (Phi) is 9.97. The Morgan fingerprint density at radius 3 is 2.36 bits per heavy atom. The predicted octanol–water partition coefficient (Wildman–Crippen LogP) is 2.28. The molecule has 2 aromatic rings. The van der Waals surface area contributed by atoms with E-state index < -0.39 is 0 Å². The van der Waals surface area contributed by atoms with Gasteiger partial charge in [-0.05, 0) is 50.7 Å². The summed E-state index contributed by atoms with van der Waals surface area (Å²) < 4.78 is 5.42. The van der Waals surface area contributed by atoms with Crippen molar-refractivity contribution in [2.45, 2.75) is 26.8 Å². The van der Waals surface area contributed by atoms with Crippen LogP contribution in [-0.2, 0) is 11.3 Å². The van der Waals surface area contributed by atoms with Crippen LogP contribution in [0.1, 0.15) is 23.4 Å². The largest absolute Gasteiger partial charge is 0.379 e. The van der Waals surface area contributed by atoms with Gasteiger partial charge in [-0.25, -0.2) is 9.97 Å². The van der Waals surface area contributed by atoms with Crippen molar-refractivity contribution >= 4 is 29.2 Å². The highest BCUT2D eigenvalue weighted by Gasteiger charge is 2.21. The molecule has 3 heterocycles. The second-order valence-corrected chi connectivity index (χ2v) is 9.71. The topological polar surface area (TPSA) is 81.1 Å². The molecule has 0 atom stereocenters. The lowest BCUT2D eigenvalue weighted by molar-refractivity contribution is 0.0376. The van der Waals surface area contributed by atoms with E-state index in [1.54, 1.807) is 0 Å². The average Bonchev–Trinajstić information content (AvgIpc) is 2.87. The van der Waals surface area contributed by atoms with Crippen LogP contribution in [0.5, 0.6) is 0 Å². The quantitative estimate of drug-likeness (QED) is 0.252. The van der Waals surface area contributed by atoms with Crippen molar-refractivity contribution in [1.29, 1.82) is 0 Å². The molecule has 4 rings (SSSR count). The van der Waals surface area contributed by atoms with Gasteiger partial charge in [0, 0.05) is 63.7 Å². The summed E-state index contributed by atoms with van der Waals surface area (Å²) in [5.41, 5.74) is 3.17. The molecule has 10 heteroatoms. The van der Waals surface area contributed by atoms with E-state index in [0.29, 0.717) is 17.0 Å². The lowest BCUT2D eigenvalue weighted by atomic mass is 10.2. The molecule has 2 aliphatic heterocycles. The standard InChI is InChI=1S/C26H38N8OS/c1-21-19-22(2)29-24(28-21)30-25(31-26(36)27-9-6-10-32-15-17-35-18-16-32)34-13-11-33(12-14-34)20-23-7-4-3-5-8-23/h3-5,7-8,19H,6,9-18,20H2,1-2H3,(H2,27,28,29,30,31,36). The number of aryl methyl sites for hydroxylation is 2. The van der Waals surface area contributed by atoms with E-state index in [1.165, 1.54) is 5.56 Å². The lowest BCUT2D eigenvalue weighted by Crippen LogP contribution is -2.50. The van der Waals surface area contributed by atoms with Gasteiger partial charge in [-0.3, -0.25) is 15.1 Å². The SMILES string of the molecule is Cc1cc(C)nc(N/C(=N/C(=S)NCCCN2CCOCC2)N2CCN(Cc3ccccc3)CC2)n1. The summed E-state index contributed by atoms with van der Waals surface area (Å²) in [7, 11) is 0. The maximum absolute atomic E-state index is 5.60. The summed E-state index contributed by atoms with van der Waals surface area (Å²) in [6.07, 6.45) is 1.01. The highest BCUT2D eigenvalue weighted by molar-refractivity contribution is 7.80.